The van der Waals surface area contributed by atoms with Crippen molar-refractivity contribution in [3.63, 3.8) is 0 Å². The van der Waals surface area contributed by atoms with Gasteiger partial charge in [-0.1, -0.05) is 36.4 Å². The monoisotopic (exact) mass is 356 g/mol. The lowest BCUT2D eigenvalue weighted by atomic mass is 10.0. The third-order valence-corrected chi connectivity index (χ3v) is 4.93. The molecule has 0 aromatic heterocycles. The molecule has 2 aromatic rings. The van der Waals surface area contributed by atoms with Crippen molar-refractivity contribution >= 4 is 22.6 Å². The number of carbonyl (C=O) groups excluding carboxylic acids is 1. The second-order valence-electron chi connectivity index (χ2n) is 6.69. The van der Waals surface area contributed by atoms with Crippen LogP contribution in [0.1, 0.15) is 12.8 Å². The molecule has 6 nitrogen and oxygen atoms in total. The number of likely N-dealkylation sites (N-methyl/N-ethyl adjacent to an activating group) is 1. The van der Waals surface area contributed by atoms with Gasteiger partial charge >= 0.3 is 5.97 Å². The SMILES string of the molecule is CN(CC(=O)O)C1CCN(C(=O)COc2cccc3ccccc23)CC1. The molecule has 0 saturated carbocycles. The highest BCUT2D eigenvalue weighted by atomic mass is 16.5. The molecular weight excluding hydrogens is 332 g/mol. The molecule has 0 aliphatic carbocycles. The number of carboxylic acid groups (broad SMARTS) is 1. The number of rotatable bonds is 6. The lowest BCUT2D eigenvalue weighted by molar-refractivity contribution is -0.140. The number of ether oxygens (including phenoxy) is 1. The predicted octanol–water partition coefficient (Wildman–Crippen LogP) is 2.23. The number of benzene rings is 2. The number of carboxylic acids is 1. The number of aliphatic carboxylic acids is 1. The van der Waals surface area contributed by atoms with Crippen LogP contribution in [0.15, 0.2) is 42.5 Å². The highest BCUT2D eigenvalue weighted by Gasteiger charge is 2.26. The van der Waals surface area contributed by atoms with Crippen molar-refractivity contribution in [2.45, 2.75) is 18.9 Å². The zero-order chi connectivity index (χ0) is 18.5. The molecule has 2 aromatic carbocycles. The third kappa shape index (κ3) is 4.32. The predicted molar refractivity (Wildman–Crippen MR) is 99.3 cm³/mol. The van der Waals surface area contributed by atoms with Crippen LogP contribution in [0.4, 0.5) is 0 Å². The molecule has 1 fully saturated rings. The second-order valence-corrected chi connectivity index (χ2v) is 6.69. The van der Waals surface area contributed by atoms with E-state index in [0.717, 1.165) is 23.6 Å². The molecule has 1 aliphatic heterocycles. The molecule has 1 amide bonds. The van der Waals surface area contributed by atoms with Gasteiger partial charge in [-0.05, 0) is 31.3 Å². The molecule has 26 heavy (non-hydrogen) atoms. The highest BCUT2D eigenvalue weighted by Crippen LogP contribution is 2.25. The lowest BCUT2D eigenvalue weighted by Gasteiger charge is -2.36. The average Bonchev–Trinajstić information content (AvgIpc) is 2.65. The Morgan fingerprint density at radius 3 is 2.58 bits per heavy atom. The zero-order valence-corrected chi connectivity index (χ0v) is 14.9. The molecule has 0 radical (unpaired) electrons. The summed E-state index contributed by atoms with van der Waals surface area (Å²) in [6.07, 6.45) is 1.56. The van der Waals surface area contributed by atoms with Gasteiger partial charge in [0.15, 0.2) is 6.61 Å². The van der Waals surface area contributed by atoms with Gasteiger partial charge < -0.3 is 14.7 Å². The average molecular weight is 356 g/mol. The Labute approximate surface area is 153 Å². The molecule has 1 heterocycles. The Bertz CT molecular complexity index is 779. The van der Waals surface area contributed by atoms with Crippen molar-refractivity contribution in [2.24, 2.45) is 0 Å². The first-order chi connectivity index (χ1) is 12.5. The fourth-order valence-electron chi connectivity index (χ4n) is 3.45. The van der Waals surface area contributed by atoms with Crippen LogP contribution in [-0.2, 0) is 9.59 Å². The maximum atomic E-state index is 12.5. The first-order valence-electron chi connectivity index (χ1n) is 8.85. The van der Waals surface area contributed by atoms with E-state index in [1.165, 1.54) is 0 Å². The molecule has 0 bridgehead atoms. The number of amides is 1. The van der Waals surface area contributed by atoms with E-state index in [4.69, 9.17) is 9.84 Å². The number of hydrogen-bond donors (Lipinski definition) is 1. The number of hydrogen-bond acceptors (Lipinski definition) is 4. The maximum Gasteiger partial charge on any atom is 0.317 e. The number of piperidine rings is 1. The Kier molecular flexibility index (Phi) is 5.73. The van der Waals surface area contributed by atoms with Gasteiger partial charge in [0.25, 0.3) is 5.91 Å². The van der Waals surface area contributed by atoms with Crippen LogP contribution < -0.4 is 4.74 Å². The molecule has 1 N–H and O–H groups in total. The van der Waals surface area contributed by atoms with Gasteiger partial charge in [-0.2, -0.15) is 0 Å². The van der Waals surface area contributed by atoms with E-state index in [9.17, 15) is 9.59 Å². The fourth-order valence-corrected chi connectivity index (χ4v) is 3.45. The maximum absolute atomic E-state index is 12.5. The fraction of sp³-hybridized carbons (Fsp3) is 0.400. The summed E-state index contributed by atoms with van der Waals surface area (Å²) in [5.41, 5.74) is 0. The van der Waals surface area contributed by atoms with Crippen LogP contribution in [0.5, 0.6) is 5.75 Å². The van der Waals surface area contributed by atoms with Crippen molar-refractivity contribution in [3.8, 4) is 5.75 Å². The summed E-state index contributed by atoms with van der Waals surface area (Å²) in [5.74, 6) is -0.140. The molecule has 1 aliphatic rings. The largest absolute Gasteiger partial charge is 0.483 e. The van der Waals surface area contributed by atoms with Crippen molar-refractivity contribution in [1.82, 2.24) is 9.80 Å². The molecule has 138 valence electrons. The Morgan fingerprint density at radius 1 is 1.15 bits per heavy atom. The summed E-state index contributed by atoms with van der Waals surface area (Å²) >= 11 is 0. The van der Waals surface area contributed by atoms with Crippen LogP contribution in [-0.4, -0.2) is 66.1 Å². The van der Waals surface area contributed by atoms with Gasteiger partial charge in [-0.25, -0.2) is 0 Å². The minimum absolute atomic E-state index is 0.0175. The molecule has 0 spiro atoms. The van der Waals surface area contributed by atoms with Gasteiger partial charge in [0, 0.05) is 24.5 Å². The van der Waals surface area contributed by atoms with Crippen LogP contribution in [0.2, 0.25) is 0 Å². The third-order valence-electron chi connectivity index (χ3n) is 4.93. The van der Waals surface area contributed by atoms with E-state index in [0.29, 0.717) is 18.8 Å². The number of nitrogens with zero attached hydrogens (tertiary/aromatic N) is 2. The topological polar surface area (TPSA) is 70.1 Å². The van der Waals surface area contributed by atoms with Crippen molar-refractivity contribution in [1.29, 1.82) is 0 Å². The lowest BCUT2D eigenvalue weighted by Crippen LogP contribution is -2.47. The van der Waals surface area contributed by atoms with E-state index >= 15 is 0 Å². The van der Waals surface area contributed by atoms with Crippen molar-refractivity contribution in [3.05, 3.63) is 42.5 Å². The van der Waals surface area contributed by atoms with Crippen LogP contribution in [0.3, 0.4) is 0 Å². The molecule has 0 unspecified atom stereocenters. The minimum Gasteiger partial charge on any atom is -0.483 e. The minimum atomic E-state index is -0.825. The summed E-state index contributed by atoms with van der Waals surface area (Å²) in [6, 6.07) is 13.9. The van der Waals surface area contributed by atoms with Gasteiger partial charge in [-0.3, -0.25) is 14.5 Å². The Hall–Kier alpha value is -2.60. The zero-order valence-electron chi connectivity index (χ0n) is 14.9. The summed E-state index contributed by atoms with van der Waals surface area (Å²) in [6.45, 7) is 1.31. The molecule has 1 saturated heterocycles. The molecule has 3 rings (SSSR count). The van der Waals surface area contributed by atoms with Crippen LogP contribution in [0, 0.1) is 0 Å². The van der Waals surface area contributed by atoms with Gasteiger partial charge in [0.1, 0.15) is 5.75 Å². The number of likely N-dealkylation sites (tertiary alicyclic amines) is 1. The first-order valence-corrected chi connectivity index (χ1v) is 8.85. The summed E-state index contributed by atoms with van der Waals surface area (Å²) in [5, 5.41) is 11.0. The normalized spacial score (nSPS) is 15.4. The number of fused-ring (bicyclic) bond motifs is 1. The number of carbonyl (C=O) groups is 2. The first kappa shape index (κ1) is 18.2. The summed E-state index contributed by atoms with van der Waals surface area (Å²) in [4.78, 5) is 26.9. The van der Waals surface area contributed by atoms with E-state index < -0.39 is 5.97 Å². The van der Waals surface area contributed by atoms with E-state index in [2.05, 4.69) is 0 Å². The summed E-state index contributed by atoms with van der Waals surface area (Å²) in [7, 11) is 1.82. The van der Waals surface area contributed by atoms with Gasteiger partial charge in [-0.15, -0.1) is 0 Å². The second kappa shape index (κ2) is 8.19. The van der Waals surface area contributed by atoms with Crippen molar-refractivity contribution in [2.75, 3.05) is 33.3 Å². The van der Waals surface area contributed by atoms with E-state index in [1.54, 1.807) is 4.90 Å². The quantitative estimate of drug-likeness (QED) is 0.859. The highest BCUT2D eigenvalue weighted by molar-refractivity contribution is 5.88. The van der Waals surface area contributed by atoms with Crippen LogP contribution in [0.25, 0.3) is 10.8 Å². The summed E-state index contributed by atoms with van der Waals surface area (Å²) < 4.78 is 5.78. The van der Waals surface area contributed by atoms with E-state index in [1.807, 2.05) is 54.4 Å². The Balaban J connectivity index is 1.52. The standard InChI is InChI=1S/C20H24N2O4/c1-21(13-20(24)25)16-9-11-22(12-10-16)19(23)14-26-18-8-4-6-15-5-2-3-7-17(15)18/h2-8,16H,9-14H2,1H3,(H,24,25). The smallest absolute Gasteiger partial charge is 0.317 e. The molecule has 0 atom stereocenters. The van der Waals surface area contributed by atoms with Crippen molar-refractivity contribution < 1.29 is 19.4 Å². The van der Waals surface area contributed by atoms with E-state index in [-0.39, 0.29) is 25.1 Å². The molecular formula is C20H24N2O4. The van der Waals surface area contributed by atoms with Gasteiger partial charge in [0.05, 0.1) is 6.54 Å². The van der Waals surface area contributed by atoms with Gasteiger partial charge in [0.2, 0.25) is 0 Å². The Morgan fingerprint density at radius 2 is 1.85 bits per heavy atom. The molecule has 6 heteroatoms. The van der Waals surface area contributed by atoms with Crippen LogP contribution >= 0.6 is 0 Å².